The van der Waals surface area contributed by atoms with Crippen molar-refractivity contribution in [3.8, 4) is 0 Å². The van der Waals surface area contributed by atoms with Gasteiger partial charge in [0.15, 0.2) is 0 Å². The van der Waals surface area contributed by atoms with Gasteiger partial charge in [0.1, 0.15) is 0 Å². The molecule has 1 aliphatic rings. The van der Waals surface area contributed by atoms with E-state index in [9.17, 15) is 0 Å². The molecular formula is C16H15Cl2Ti. The first-order valence-electron chi connectivity index (χ1n) is 5.86. The molecule has 0 amide bonds. The van der Waals surface area contributed by atoms with Crippen molar-refractivity contribution in [2.45, 2.75) is 10.1 Å². The van der Waals surface area contributed by atoms with Crippen LogP contribution < -0.4 is 0 Å². The molecule has 97 valence electrons. The summed E-state index contributed by atoms with van der Waals surface area (Å²) in [6, 6.07) is 19.4. The third-order valence-electron chi connectivity index (χ3n) is 3.31. The van der Waals surface area contributed by atoms with Gasteiger partial charge in [-0.15, -0.1) is 24.8 Å². The summed E-state index contributed by atoms with van der Waals surface area (Å²) < 4.78 is 0.151. The van der Waals surface area contributed by atoms with Gasteiger partial charge in [-0.25, -0.2) is 0 Å². The van der Waals surface area contributed by atoms with Crippen LogP contribution in [0.5, 0.6) is 0 Å². The van der Waals surface area contributed by atoms with Crippen LogP contribution >= 0.6 is 24.8 Å². The van der Waals surface area contributed by atoms with Gasteiger partial charge in [-0.3, -0.25) is 0 Å². The van der Waals surface area contributed by atoms with Crippen LogP contribution in [0.15, 0.2) is 60.7 Å². The Morgan fingerprint density at radius 1 is 0.842 bits per heavy atom. The number of benzene rings is 2. The normalized spacial score (nSPS) is 19.1. The molecule has 0 radical (unpaired) electrons. The molecule has 0 heterocycles. The minimum atomic E-state index is 0. The first kappa shape index (κ1) is 16.5. The van der Waals surface area contributed by atoms with Gasteiger partial charge in [-0.05, 0) is 0 Å². The van der Waals surface area contributed by atoms with E-state index in [-0.39, 0.29) is 28.5 Å². The molecule has 1 aliphatic carbocycles. The second-order valence-corrected chi connectivity index (χ2v) is 5.95. The van der Waals surface area contributed by atoms with Gasteiger partial charge in [0.2, 0.25) is 0 Å². The predicted molar refractivity (Wildman–Crippen MR) is 81.8 cm³/mol. The monoisotopic (exact) mass is 325 g/mol. The van der Waals surface area contributed by atoms with E-state index in [4.69, 9.17) is 0 Å². The van der Waals surface area contributed by atoms with E-state index in [1.54, 1.807) is 0 Å². The summed E-state index contributed by atoms with van der Waals surface area (Å²) in [5.41, 5.74) is 4.21. The van der Waals surface area contributed by atoms with Gasteiger partial charge in [-0.1, -0.05) is 0 Å². The molecule has 0 spiro atoms. The molecule has 0 N–H and O–H groups in total. The molecule has 2 aromatic carbocycles. The van der Waals surface area contributed by atoms with Crippen molar-refractivity contribution in [2.75, 3.05) is 0 Å². The van der Waals surface area contributed by atoms with Gasteiger partial charge in [0, 0.05) is 0 Å². The first-order valence-corrected chi connectivity index (χ1v) is 6.64. The molecule has 0 saturated carbocycles. The number of fused-ring (bicyclic) bond motifs is 1. The molecule has 0 aliphatic heterocycles. The van der Waals surface area contributed by atoms with Crippen LogP contribution in [-0.4, -0.2) is 0 Å². The average molecular weight is 326 g/mol. The summed E-state index contributed by atoms with van der Waals surface area (Å²) in [5.74, 6) is 0. The number of allylic oxidation sites excluding steroid dienone is 1. The number of rotatable bonds is 2. The van der Waals surface area contributed by atoms with Gasteiger partial charge in [-0.2, -0.15) is 0 Å². The van der Waals surface area contributed by atoms with Crippen molar-refractivity contribution in [2.24, 2.45) is 0 Å². The van der Waals surface area contributed by atoms with Gasteiger partial charge >= 0.3 is 114 Å². The minimum absolute atomic E-state index is 0. The standard InChI is InChI=1S/C16H13.2ClH.Ti/c1-2-6-13(7-3-1)12-15-11-10-14-8-4-5-9-16(14)15;;;/h1-11H,12H2;2*1H;. The van der Waals surface area contributed by atoms with Crippen molar-refractivity contribution in [1.82, 2.24) is 0 Å². The topological polar surface area (TPSA) is 0 Å². The van der Waals surface area contributed by atoms with E-state index >= 15 is 0 Å². The Kier molecular flexibility index (Phi) is 5.89. The Morgan fingerprint density at radius 2 is 1.47 bits per heavy atom. The van der Waals surface area contributed by atoms with E-state index < -0.39 is 0 Å². The van der Waals surface area contributed by atoms with Crippen LogP contribution in [0.25, 0.3) is 6.08 Å². The van der Waals surface area contributed by atoms with Crippen molar-refractivity contribution in [1.29, 1.82) is 0 Å². The second kappa shape index (κ2) is 6.77. The summed E-state index contributed by atoms with van der Waals surface area (Å²) in [4.78, 5) is 0. The number of hydrogen-bond acceptors (Lipinski definition) is 0. The fourth-order valence-corrected chi connectivity index (χ4v) is 3.25. The fourth-order valence-electron chi connectivity index (χ4n) is 2.44. The maximum atomic E-state index is 2.34. The summed E-state index contributed by atoms with van der Waals surface area (Å²) >= 11 is 2.32. The van der Waals surface area contributed by atoms with Crippen LogP contribution in [0.3, 0.4) is 0 Å². The molecule has 3 rings (SSSR count). The maximum absolute atomic E-state index is 2.34. The van der Waals surface area contributed by atoms with Crippen molar-refractivity contribution in [3.05, 3.63) is 77.4 Å². The molecule has 0 aromatic heterocycles. The molecule has 0 bridgehead atoms. The average Bonchev–Trinajstić information content (AvgIpc) is 2.69. The Hall–Kier alpha value is -0.526. The van der Waals surface area contributed by atoms with E-state index in [0.29, 0.717) is 0 Å². The zero-order valence-electron chi connectivity index (χ0n) is 10.4. The van der Waals surface area contributed by atoms with Crippen LogP contribution in [0.4, 0.5) is 0 Å². The van der Waals surface area contributed by atoms with Crippen molar-refractivity contribution < 1.29 is 20.4 Å². The molecule has 0 saturated heterocycles. The Morgan fingerprint density at radius 3 is 2.21 bits per heavy atom. The third kappa shape index (κ3) is 3.33. The number of hydrogen-bond donors (Lipinski definition) is 0. The summed E-state index contributed by atoms with van der Waals surface area (Å²) in [6.45, 7) is 0. The predicted octanol–water partition coefficient (Wildman–Crippen LogP) is 4.54. The SMILES string of the molecule is Cl.Cl.[Ti][C]1(Cc2ccccc2)C=Cc2ccccc21. The van der Waals surface area contributed by atoms with Gasteiger partial charge in [0.25, 0.3) is 0 Å². The Labute approximate surface area is 138 Å². The Balaban J connectivity index is 0.000000902. The molecule has 0 fully saturated rings. The molecule has 3 heteroatoms. The summed E-state index contributed by atoms with van der Waals surface area (Å²) in [5, 5.41) is 0. The molecule has 2 aromatic rings. The molecule has 1 unspecified atom stereocenters. The van der Waals surface area contributed by atoms with Crippen molar-refractivity contribution >= 4 is 30.9 Å². The van der Waals surface area contributed by atoms with Gasteiger partial charge < -0.3 is 0 Å². The van der Waals surface area contributed by atoms with E-state index in [1.807, 2.05) is 0 Å². The van der Waals surface area contributed by atoms with E-state index in [0.717, 1.165) is 6.42 Å². The van der Waals surface area contributed by atoms with Gasteiger partial charge in [0.05, 0.1) is 0 Å². The van der Waals surface area contributed by atoms with E-state index in [1.165, 1.54) is 16.7 Å². The number of halogens is 2. The van der Waals surface area contributed by atoms with Crippen LogP contribution in [0.1, 0.15) is 16.7 Å². The zero-order valence-corrected chi connectivity index (χ0v) is 13.6. The summed E-state index contributed by atoms with van der Waals surface area (Å²) in [7, 11) is 0. The zero-order chi connectivity index (χ0) is 11.7. The van der Waals surface area contributed by atoms with Crippen LogP contribution in [0.2, 0.25) is 0 Å². The first-order chi connectivity index (χ1) is 8.28. The van der Waals surface area contributed by atoms with Crippen LogP contribution in [-0.2, 0) is 30.6 Å². The molecular weight excluding hydrogens is 311 g/mol. The molecule has 0 nitrogen and oxygen atoms in total. The fraction of sp³-hybridized carbons (Fsp3) is 0.125. The van der Waals surface area contributed by atoms with Crippen molar-refractivity contribution in [3.63, 3.8) is 0 Å². The molecule has 19 heavy (non-hydrogen) atoms. The Bertz CT molecular complexity index is 566. The van der Waals surface area contributed by atoms with Crippen LogP contribution in [0, 0.1) is 0 Å². The third-order valence-corrected chi connectivity index (χ3v) is 4.27. The quantitative estimate of drug-likeness (QED) is 0.711. The van der Waals surface area contributed by atoms with E-state index in [2.05, 4.69) is 87.2 Å². The molecule has 1 atom stereocenters. The summed E-state index contributed by atoms with van der Waals surface area (Å²) in [6.07, 6.45) is 5.66. The second-order valence-electron chi connectivity index (χ2n) is 4.55.